The number of amides is 1. The number of carbonyl (C=O) groups excluding carboxylic acids is 1. The van der Waals surface area contributed by atoms with Gasteiger partial charge in [-0.25, -0.2) is 4.98 Å². The summed E-state index contributed by atoms with van der Waals surface area (Å²) in [4.78, 5) is 30.4. The normalized spacial score (nSPS) is 12.2. The predicted octanol–water partition coefficient (Wildman–Crippen LogP) is 3.45. The third-order valence-electron chi connectivity index (χ3n) is 4.72. The van der Waals surface area contributed by atoms with Gasteiger partial charge < -0.3 is 10.1 Å². The van der Waals surface area contributed by atoms with E-state index >= 15 is 0 Å². The second-order valence-corrected chi connectivity index (χ2v) is 7.56. The van der Waals surface area contributed by atoms with Crippen LogP contribution < -0.4 is 15.6 Å². The number of ether oxygens (including phenoxy) is 1. The molecule has 28 heavy (non-hydrogen) atoms. The van der Waals surface area contributed by atoms with Crippen LogP contribution in [0.1, 0.15) is 28.8 Å². The number of nitrogens with zero attached hydrogens (tertiary/aromatic N) is 2. The molecule has 0 fully saturated rings. The Morgan fingerprint density at radius 2 is 2.04 bits per heavy atom. The molecule has 0 saturated heterocycles. The van der Waals surface area contributed by atoms with Gasteiger partial charge in [-0.05, 0) is 29.7 Å². The van der Waals surface area contributed by atoms with Crippen LogP contribution in [0.5, 0.6) is 5.75 Å². The number of thiazole rings is 1. The first-order chi connectivity index (χ1) is 13.6. The molecule has 142 valence electrons. The Labute approximate surface area is 165 Å². The fraction of sp³-hybridized carbons (Fsp3) is 0.190. The highest BCUT2D eigenvalue weighted by atomic mass is 32.1. The third kappa shape index (κ3) is 3.25. The second kappa shape index (κ2) is 7.44. The molecule has 0 aliphatic rings. The summed E-state index contributed by atoms with van der Waals surface area (Å²) in [7, 11) is 1.60. The maximum absolute atomic E-state index is 13.0. The van der Waals surface area contributed by atoms with Crippen molar-refractivity contribution in [3.05, 3.63) is 76.2 Å². The van der Waals surface area contributed by atoms with Gasteiger partial charge >= 0.3 is 0 Å². The monoisotopic (exact) mass is 393 g/mol. The van der Waals surface area contributed by atoms with Crippen LogP contribution in [-0.2, 0) is 0 Å². The van der Waals surface area contributed by atoms with Crippen molar-refractivity contribution >= 4 is 32.4 Å². The Morgan fingerprint density at radius 1 is 1.25 bits per heavy atom. The van der Waals surface area contributed by atoms with E-state index in [0.717, 1.165) is 10.3 Å². The van der Waals surface area contributed by atoms with Crippen LogP contribution in [0.4, 0.5) is 0 Å². The van der Waals surface area contributed by atoms with E-state index in [2.05, 4.69) is 10.3 Å². The molecule has 0 spiro atoms. The number of rotatable bonds is 5. The molecule has 4 rings (SSSR count). The van der Waals surface area contributed by atoms with Crippen LogP contribution >= 0.6 is 11.3 Å². The van der Waals surface area contributed by atoms with Crippen molar-refractivity contribution in [3.8, 4) is 5.75 Å². The Morgan fingerprint density at radius 3 is 2.79 bits per heavy atom. The minimum atomic E-state index is -0.414. The topological polar surface area (TPSA) is 72.7 Å². The number of hydrogen-bond acceptors (Lipinski definition) is 5. The molecule has 1 N–H and O–H groups in total. The van der Waals surface area contributed by atoms with Crippen LogP contribution in [0, 0.1) is 0 Å². The zero-order valence-electron chi connectivity index (χ0n) is 15.5. The Balaban J connectivity index is 1.63. The number of aromatic nitrogens is 2. The quantitative estimate of drug-likeness (QED) is 0.564. The van der Waals surface area contributed by atoms with Crippen molar-refractivity contribution in [2.75, 3.05) is 13.7 Å². The van der Waals surface area contributed by atoms with E-state index in [4.69, 9.17) is 4.74 Å². The largest absolute Gasteiger partial charge is 0.497 e. The van der Waals surface area contributed by atoms with E-state index < -0.39 is 5.91 Å². The number of methoxy groups -OCH3 is 1. The van der Waals surface area contributed by atoms with Crippen LogP contribution in [0.15, 0.2) is 59.5 Å². The van der Waals surface area contributed by atoms with Gasteiger partial charge in [0.25, 0.3) is 11.5 Å². The molecule has 1 amide bonds. The smallest absolute Gasteiger partial charge is 0.271 e. The third-order valence-corrected chi connectivity index (χ3v) is 5.74. The number of carbonyl (C=O) groups is 1. The van der Waals surface area contributed by atoms with Crippen LogP contribution in [0.3, 0.4) is 0 Å². The first kappa shape index (κ1) is 18.2. The lowest BCUT2D eigenvalue weighted by Gasteiger charge is -2.12. The molecule has 7 heteroatoms. The molecule has 0 radical (unpaired) electrons. The summed E-state index contributed by atoms with van der Waals surface area (Å²) in [5, 5.41) is 2.85. The van der Waals surface area contributed by atoms with E-state index in [9.17, 15) is 9.59 Å². The molecule has 1 atom stereocenters. The molecule has 0 unspecified atom stereocenters. The standard InChI is InChI=1S/C21H19N3O3S/c1-13(14-6-4-3-5-7-14)11-22-19(25)16-12-23-21-24(20(16)26)17-9-8-15(27-2)10-18(17)28-21/h3-10,12-13H,11H2,1-2H3,(H,22,25)/t13-/m1/s1. The second-order valence-electron chi connectivity index (χ2n) is 6.55. The van der Waals surface area contributed by atoms with Gasteiger partial charge in [-0.15, -0.1) is 0 Å². The minimum absolute atomic E-state index is 0.0354. The molecule has 4 aromatic rings. The summed E-state index contributed by atoms with van der Waals surface area (Å²) in [5.41, 5.74) is 1.51. The van der Waals surface area contributed by atoms with Gasteiger partial charge in [0.15, 0.2) is 4.96 Å². The average Bonchev–Trinajstić information content (AvgIpc) is 3.11. The lowest BCUT2D eigenvalue weighted by molar-refractivity contribution is 0.0949. The molecule has 2 heterocycles. The zero-order chi connectivity index (χ0) is 19.7. The van der Waals surface area contributed by atoms with Gasteiger partial charge in [-0.1, -0.05) is 48.6 Å². The summed E-state index contributed by atoms with van der Waals surface area (Å²) in [6, 6.07) is 15.4. The van der Waals surface area contributed by atoms with E-state index in [1.54, 1.807) is 19.2 Å². The van der Waals surface area contributed by atoms with Crippen LogP contribution in [0.2, 0.25) is 0 Å². The van der Waals surface area contributed by atoms with E-state index in [0.29, 0.717) is 22.8 Å². The fourth-order valence-electron chi connectivity index (χ4n) is 3.11. The Kier molecular flexibility index (Phi) is 4.83. The number of fused-ring (bicyclic) bond motifs is 3. The maximum atomic E-state index is 13.0. The van der Waals surface area contributed by atoms with Gasteiger partial charge in [0, 0.05) is 12.7 Å². The van der Waals surface area contributed by atoms with Crippen molar-refractivity contribution in [1.82, 2.24) is 14.7 Å². The molecular formula is C21H19N3O3S. The number of hydrogen-bond donors (Lipinski definition) is 1. The number of nitrogens with one attached hydrogen (secondary N) is 1. The van der Waals surface area contributed by atoms with Gasteiger partial charge in [0.1, 0.15) is 11.3 Å². The molecule has 0 bridgehead atoms. The molecule has 0 aliphatic heterocycles. The highest BCUT2D eigenvalue weighted by molar-refractivity contribution is 7.23. The van der Waals surface area contributed by atoms with Crippen LogP contribution in [-0.4, -0.2) is 28.9 Å². The molecule has 2 aromatic heterocycles. The van der Waals surface area contributed by atoms with Crippen LogP contribution in [0.25, 0.3) is 15.2 Å². The van der Waals surface area contributed by atoms with E-state index in [1.165, 1.54) is 21.9 Å². The molecule has 2 aromatic carbocycles. The van der Waals surface area contributed by atoms with Gasteiger partial charge in [0.2, 0.25) is 0 Å². The van der Waals surface area contributed by atoms with Crippen molar-refractivity contribution in [2.24, 2.45) is 0 Å². The molecule has 6 nitrogen and oxygen atoms in total. The first-order valence-corrected chi connectivity index (χ1v) is 9.71. The summed E-state index contributed by atoms with van der Waals surface area (Å²) >= 11 is 1.38. The van der Waals surface area contributed by atoms with Crippen molar-refractivity contribution in [1.29, 1.82) is 0 Å². The van der Waals surface area contributed by atoms with Gasteiger partial charge in [-0.3, -0.25) is 14.0 Å². The van der Waals surface area contributed by atoms with Gasteiger partial charge in [0.05, 0.1) is 17.3 Å². The fourth-order valence-corrected chi connectivity index (χ4v) is 4.12. The predicted molar refractivity (Wildman–Crippen MR) is 111 cm³/mol. The lowest BCUT2D eigenvalue weighted by atomic mass is 10.0. The Hall–Kier alpha value is -3.19. The summed E-state index contributed by atoms with van der Waals surface area (Å²) in [5.74, 6) is 0.432. The lowest BCUT2D eigenvalue weighted by Crippen LogP contribution is -2.33. The first-order valence-electron chi connectivity index (χ1n) is 8.90. The average molecular weight is 393 g/mol. The summed E-state index contributed by atoms with van der Waals surface area (Å²) < 4.78 is 7.59. The maximum Gasteiger partial charge on any atom is 0.271 e. The highest BCUT2D eigenvalue weighted by Crippen LogP contribution is 2.27. The zero-order valence-corrected chi connectivity index (χ0v) is 16.3. The summed E-state index contributed by atoms with van der Waals surface area (Å²) in [6.07, 6.45) is 1.35. The summed E-state index contributed by atoms with van der Waals surface area (Å²) in [6.45, 7) is 2.47. The molecular weight excluding hydrogens is 374 g/mol. The molecule has 0 aliphatic carbocycles. The SMILES string of the molecule is COc1ccc2c(c1)sc1ncc(C(=O)NC[C@@H](C)c3ccccc3)c(=O)n12. The molecule has 0 saturated carbocycles. The highest BCUT2D eigenvalue weighted by Gasteiger charge is 2.17. The van der Waals surface area contributed by atoms with Crippen molar-refractivity contribution in [3.63, 3.8) is 0 Å². The Bertz CT molecular complexity index is 1210. The number of benzene rings is 2. The van der Waals surface area contributed by atoms with Crippen molar-refractivity contribution in [2.45, 2.75) is 12.8 Å². The van der Waals surface area contributed by atoms with Gasteiger partial charge in [-0.2, -0.15) is 0 Å². The van der Waals surface area contributed by atoms with Crippen molar-refractivity contribution < 1.29 is 9.53 Å². The minimum Gasteiger partial charge on any atom is -0.497 e. The van der Waals surface area contributed by atoms with E-state index in [1.807, 2.05) is 43.3 Å². The van der Waals surface area contributed by atoms with E-state index in [-0.39, 0.29) is 17.0 Å².